The third kappa shape index (κ3) is 3.95. The van der Waals surface area contributed by atoms with Crippen LogP contribution in [0.25, 0.3) is 0 Å². The Morgan fingerprint density at radius 1 is 0.867 bits per heavy atom. The molecule has 156 valence electrons. The first-order valence-electron chi connectivity index (χ1n) is 10.5. The van der Waals surface area contributed by atoms with Gasteiger partial charge in [-0.3, -0.25) is 9.69 Å². The van der Waals surface area contributed by atoms with Gasteiger partial charge in [-0.15, -0.1) is 0 Å². The lowest BCUT2D eigenvalue weighted by molar-refractivity contribution is -0.140. The number of carbonyl (C=O) groups excluding carboxylic acids is 1. The van der Waals surface area contributed by atoms with Crippen LogP contribution < -0.4 is 0 Å². The topological polar surface area (TPSA) is 47.3 Å². The Balaban J connectivity index is 1.53. The fraction of sp³-hybridized carbons (Fsp3) is 0.417. The van der Waals surface area contributed by atoms with Crippen LogP contribution in [0.15, 0.2) is 48.5 Å². The Morgan fingerprint density at radius 3 is 1.77 bits per heavy atom. The molecule has 0 radical (unpaired) electrons. The number of hydrogen-bond donors (Lipinski definition) is 0. The van der Waals surface area contributed by atoms with Gasteiger partial charge in [0.2, 0.25) is 5.91 Å². The summed E-state index contributed by atoms with van der Waals surface area (Å²) >= 11 is 0. The molecule has 0 unspecified atom stereocenters. The number of rotatable bonds is 4. The average molecular weight is 409 g/mol. The molecule has 2 aromatic carbocycles. The Hall–Kier alpha value is -2.78. The number of nitriles is 1. The molecule has 0 spiro atoms. The van der Waals surface area contributed by atoms with Crippen molar-refractivity contribution in [1.29, 1.82) is 5.26 Å². The van der Waals surface area contributed by atoms with Gasteiger partial charge in [-0.2, -0.15) is 5.26 Å². The van der Waals surface area contributed by atoms with Gasteiger partial charge in [-0.05, 0) is 48.2 Å². The van der Waals surface area contributed by atoms with E-state index >= 15 is 0 Å². The van der Waals surface area contributed by atoms with Crippen molar-refractivity contribution < 1.29 is 13.6 Å². The minimum Gasteiger partial charge on any atom is -0.339 e. The van der Waals surface area contributed by atoms with E-state index in [-0.39, 0.29) is 23.6 Å². The summed E-state index contributed by atoms with van der Waals surface area (Å²) < 4.78 is 26.9. The normalized spacial score (nSPS) is 19.1. The Labute approximate surface area is 175 Å². The van der Waals surface area contributed by atoms with Crippen molar-refractivity contribution in [3.8, 4) is 6.07 Å². The summed E-state index contributed by atoms with van der Waals surface area (Å²) in [6, 6.07) is 14.9. The van der Waals surface area contributed by atoms with E-state index in [1.807, 2.05) is 4.90 Å². The molecular formula is C24H25F2N3O. The van der Waals surface area contributed by atoms with E-state index in [0.717, 1.165) is 24.0 Å². The van der Waals surface area contributed by atoms with Gasteiger partial charge in [-0.25, -0.2) is 8.78 Å². The largest absolute Gasteiger partial charge is 0.339 e. The standard InChI is InChI=1S/C24H25F2N3O/c25-20-7-3-18(4-8-20)22(19-5-9-21(26)10-6-19)28-13-15-29(16-14-28)23(30)24(17-27)11-1-2-12-24/h3-10,22H,1-2,11-16H2. The molecule has 30 heavy (non-hydrogen) atoms. The summed E-state index contributed by atoms with van der Waals surface area (Å²) in [7, 11) is 0. The van der Waals surface area contributed by atoms with Crippen LogP contribution in [0.3, 0.4) is 0 Å². The highest BCUT2D eigenvalue weighted by Gasteiger charge is 2.44. The predicted molar refractivity (Wildman–Crippen MR) is 109 cm³/mol. The maximum Gasteiger partial charge on any atom is 0.243 e. The fourth-order valence-corrected chi connectivity index (χ4v) is 4.74. The van der Waals surface area contributed by atoms with Gasteiger partial charge in [0.15, 0.2) is 0 Å². The number of piperazine rings is 1. The molecule has 1 saturated heterocycles. The number of hydrogen-bond acceptors (Lipinski definition) is 3. The summed E-state index contributed by atoms with van der Waals surface area (Å²) in [6.45, 7) is 2.35. The van der Waals surface area contributed by atoms with Gasteiger partial charge in [0.1, 0.15) is 17.0 Å². The lowest BCUT2D eigenvalue weighted by atomic mass is 9.86. The monoisotopic (exact) mass is 409 g/mol. The first kappa shape index (κ1) is 20.5. The van der Waals surface area contributed by atoms with Crippen LogP contribution in [0.5, 0.6) is 0 Å². The number of halogens is 2. The minimum atomic E-state index is -0.852. The predicted octanol–water partition coefficient (Wildman–Crippen LogP) is 4.28. The number of carbonyl (C=O) groups is 1. The summed E-state index contributed by atoms with van der Waals surface area (Å²) in [5.74, 6) is -0.641. The molecule has 2 aliphatic rings. The number of amides is 1. The molecule has 4 nitrogen and oxygen atoms in total. The highest BCUT2D eigenvalue weighted by atomic mass is 19.1. The maximum absolute atomic E-state index is 13.5. The van der Waals surface area contributed by atoms with Gasteiger partial charge < -0.3 is 4.90 Å². The van der Waals surface area contributed by atoms with Crippen molar-refractivity contribution in [2.45, 2.75) is 31.7 Å². The molecule has 0 N–H and O–H groups in total. The molecule has 6 heteroatoms. The van der Waals surface area contributed by atoms with Gasteiger partial charge in [-0.1, -0.05) is 37.1 Å². The van der Waals surface area contributed by atoms with Crippen LogP contribution in [-0.2, 0) is 4.79 Å². The van der Waals surface area contributed by atoms with Crippen molar-refractivity contribution in [1.82, 2.24) is 9.80 Å². The Kier molecular flexibility index (Phi) is 5.83. The van der Waals surface area contributed by atoms with Gasteiger partial charge in [0.25, 0.3) is 0 Å². The zero-order chi connectivity index (χ0) is 21.1. The van der Waals surface area contributed by atoms with E-state index in [4.69, 9.17) is 0 Å². The molecule has 0 aromatic heterocycles. The van der Waals surface area contributed by atoms with E-state index in [1.54, 1.807) is 24.3 Å². The molecular weight excluding hydrogens is 384 g/mol. The summed E-state index contributed by atoms with van der Waals surface area (Å²) in [6.07, 6.45) is 3.15. The lowest BCUT2D eigenvalue weighted by Crippen LogP contribution is -2.53. The first-order valence-corrected chi connectivity index (χ1v) is 10.5. The van der Waals surface area contributed by atoms with Crippen LogP contribution >= 0.6 is 0 Å². The molecule has 2 aromatic rings. The second kappa shape index (κ2) is 8.53. The third-order valence-electron chi connectivity index (χ3n) is 6.42. The smallest absolute Gasteiger partial charge is 0.243 e. The Morgan fingerprint density at radius 2 is 1.33 bits per heavy atom. The van der Waals surface area contributed by atoms with Crippen molar-refractivity contribution in [2.75, 3.05) is 26.2 Å². The highest BCUT2D eigenvalue weighted by molar-refractivity contribution is 5.86. The number of nitrogens with zero attached hydrogens (tertiary/aromatic N) is 3. The van der Waals surface area contributed by atoms with Crippen molar-refractivity contribution in [2.24, 2.45) is 5.41 Å². The van der Waals surface area contributed by atoms with Gasteiger partial charge in [0, 0.05) is 26.2 Å². The van der Waals surface area contributed by atoms with E-state index in [0.29, 0.717) is 39.0 Å². The maximum atomic E-state index is 13.5. The average Bonchev–Trinajstić information content (AvgIpc) is 3.27. The first-order chi connectivity index (χ1) is 14.5. The molecule has 1 amide bonds. The SMILES string of the molecule is N#CC1(C(=O)N2CCN(C(c3ccc(F)cc3)c3ccc(F)cc3)CC2)CCCC1. The van der Waals surface area contributed by atoms with Gasteiger partial charge in [0.05, 0.1) is 12.1 Å². The highest BCUT2D eigenvalue weighted by Crippen LogP contribution is 2.39. The molecule has 1 aliphatic heterocycles. The van der Waals surface area contributed by atoms with Crippen LogP contribution in [0.2, 0.25) is 0 Å². The van der Waals surface area contributed by atoms with E-state index in [2.05, 4.69) is 11.0 Å². The Bertz CT molecular complexity index is 877. The molecule has 1 saturated carbocycles. The van der Waals surface area contributed by atoms with Crippen LogP contribution in [0, 0.1) is 28.4 Å². The fourth-order valence-electron chi connectivity index (χ4n) is 4.74. The minimum absolute atomic E-state index is 0.0396. The summed E-state index contributed by atoms with van der Waals surface area (Å²) in [4.78, 5) is 17.1. The third-order valence-corrected chi connectivity index (χ3v) is 6.42. The number of benzene rings is 2. The van der Waals surface area contributed by atoms with Crippen molar-refractivity contribution in [3.63, 3.8) is 0 Å². The molecule has 0 bridgehead atoms. The second-order valence-corrected chi connectivity index (χ2v) is 8.23. The zero-order valence-corrected chi connectivity index (χ0v) is 16.9. The van der Waals surface area contributed by atoms with Crippen molar-refractivity contribution in [3.05, 3.63) is 71.3 Å². The van der Waals surface area contributed by atoms with E-state index in [1.165, 1.54) is 24.3 Å². The summed E-state index contributed by atoms with van der Waals surface area (Å²) in [5, 5.41) is 9.63. The molecule has 4 rings (SSSR count). The van der Waals surface area contributed by atoms with Crippen molar-refractivity contribution >= 4 is 5.91 Å². The lowest BCUT2D eigenvalue weighted by Gasteiger charge is -2.41. The van der Waals surface area contributed by atoms with Crippen LogP contribution in [-0.4, -0.2) is 41.9 Å². The van der Waals surface area contributed by atoms with E-state index in [9.17, 15) is 18.8 Å². The molecule has 1 aliphatic carbocycles. The summed E-state index contributed by atoms with van der Waals surface area (Å²) in [5.41, 5.74) is 0.995. The van der Waals surface area contributed by atoms with E-state index < -0.39 is 5.41 Å². The molecule has 1 heterocycles. The van der Waals surface area contributed by atoms with Gasteiger partial charge >= 0.3 is 0 Å². The quantitative estimate of drug-likeness (QED) is 0.757. The molecule has 0 atom stereocenters. The zero-order valence-electron chi connectivity index (χ0n) is 16.9. The van der Waals surface area contributed by atoms with Crippen LogP contribution in [0.4, 0.5) is 8.78 Å². The second-order valence-electron chi connectivity index (χ2n) is 8.23. The molecule has 2 fully saturated rings. The van der Waals surface area contributed by atoms with Crippen LogP contribution in [0.1, 0.15) is 42.9 Å².